The van der Waals surface area contributed by atoms with Gasteiger partial charge in [-0.2, -0.15) is 0 Å². The van der Waals surface area contributed by atoms with Crippen LogP contribution < -0.4 is 5.32 Å². The van der Waals surface area contributed by atoms with Crippen molar-refractivity contribution in [2.45, 2.75) is 6.04 Å². The number of carbonyl (C=O) groups is 4. The van der Waals surface area contributed by atoms with Gasteiger partial charge in [-0.15, -0.1) is 0 Å². The summed E-state index contributed by atoms with van der Waals surface area (Å²) in [6, 6.07) is 12.2. The van der Waals surface area contributed by atoms with E-state index >= 15 is 0 Å². The molecule has 0 saturated heterocycles. The molecule has 158 valence electrons. The summed E-state index contributed by atoms with van der Waals surface area (Å²) in [6.07, 6.45) is 4.24. The Balaban J connectivity index is 2.08. The first-order valence-corrected chi connectivity index (χ1v) is 9.31. The number of likely N-dealkylation sites (N-methyl/N-ethyl adjacent to an activating group) is 2. The number of allylic oxidation sites excluding steroid dienone is 1. The van der Waals surface area contributed by atoms with Crippen LogP contribution in [-0.2, 0) is 14.3 Å². The number of esters is 1. The quantitative estimate of drug-likeness (QED) is 0.335. The van der Waals surface area contributed by atoms with Crippen molar-refractivity contribution in [1.29, 1.82) is 0 Å². The Bertz CT molecular complexity index is 1030. The summed E-state index contributed by atoms with van der Waals surface area (Å²) in [7, 11) is 3.89. The number of hydrogen-bond acceptors (Lipinski definition) is 5. The van der Waals surface area contributed by atoms with Crippen LogP contribution in [0.3, 0.4) is 0 Å². The summed E-state index contributed by atoms with van der Waals surface area (Å²) >= 11 is 0. The topological polar surface area (TPSA) is 92.8 Å². The molecule has 7 heteroatoms. The molecule has 0 unspecified atom stereocenters. The van der Waals surface area contributed by atoms with E-state index in [1.54, 1.807) is 60.7 Å². The minimum Gasteiger partial charge on any atom is -0.467 e. The van der Waals surface area contributed by atoms with E-state index in [-0.39, 0.29) is 0 Å². The molecule has 1 atom stereocenters. The molecule has 0 radical (unpaired) electrons. The Morgan fingerprint density at radius 1 is 1.03 bits per heavy atom. The van der Waals surface area contributed by atoms with Crippen LogP contribution in [0.5, 0.6) is 0 Å². The Morgan fingerprint density at radius 3 is 2.19 bits per heavy atom. The molecule has 2 amide bonds. The smallest absolute Gasteiger partial charge is 0.338 e. The third kappa shape index (κ3) is 6.15. The minimum absolute atomic E-state index is 0.318. The van der Waals surface area contributed by atoms with Crippen molar-refractivity contribution in [1.82, 2.24) is 10.2 Å². The Morgan fingerprint density at radius 2 is 1.65 bits per heavy atom. The Kier molecular flexibility index (Phi) is 8.29. The van der Waals surface area contributed by atoms with E-state index in [9.17, 15) is 19.2 Å². The van der Waals surface area contributed by atoms with E-state index < -0.39 is 23.8 Å². The molecule has 31 heavy (non-hydrogen) atoms. The summed E-state index contributed by atoms with van der Waals surface area (Å²) in [6.45, 7) is 0. The van der Waals surface area contributed by atoms with Crippen molar-refractivity contribution in [2.24, 2.45) is 0 Å². The maximum absolute atomic E-state index is 12.7. The van der Waals surface area contributed by atoms with Crippen molar-refractivity contribution in [2.75, 3.05) is 21.2 Å². The molecule has 2 aromatic rings. The van der Waals surface area contributed by atoms with Crippen molar-refractivity contribution < 1.29 is 23.9 Å². The molecule has 0 aliphatic heterocycles. The number of ether oxygens (including phenoxy) is 1. The summed E-state index contributed by atoms with van der Waals surface area (Å²) in [5.74, 6) is 3.91. The molecule has 0 heterocycles. The number of hydrogen-bond donors (Lipinski definition) is 1. The fraction of sp³-hybridized carbons (Fsp3) is 0.167. The van der Waals surface area contributed by atoms with Crippen LogP contribution >= 0.6 is 0 Å². The standard InChI is InChI=1S/C24H22N2O5/c1-25-22(28)21(24(30)31-3)26(2)23(29)20-14-12-18(13-15-20)7-5-4-6-17-8-10-19(16-27)11-9-17/h5,7-16,21H,1-3H3,(H,25,28)/b7-5+/t21-/m0/s1. The van der Waals surface area contributed by atoms with Gasteiger partial charge in [0.05, 0.1) is 7.11 Å². The first kappa shape index (κ1) is 23.1. The lowest BCUT2D eigenvalue weighted by Crippen LogP contribution is -2.51. The van der Waals surface area contributed by atoms with Gasteiger partial charge in [-0.3, -0.25) is 14.4 Å². The second-order valence-electron chi connectivity index (χ2n) is 6.42. The summed E-state index contributed by atoms with van der Waals surface area (Å²) in [5.41, 5.74) is 2.52. The zero-order chi connectivity index (χ0) is 22.8. The van der Waals surface area contributed by atoms with Crippen molar-refractivity contribution >= 4 is 30.1 Å². The van der Waals surface area contributed by atoms with Crippen molar-refractivity contribution in [3.05, 3.63) is 76.9 Å². The predicted molar refractivity (Wildman–Crippen MR) is 116 cm³/mol. The van der Waals surface area contributed by atoms with Gasteiger partial charge in [0, 0.05) is 30.8 Å². The number of amides is 2. The number of nitrogens with one attached hydrogen (secondary N) is 1. The van der Waals surface area contributed by atoms with E-state index in [0.717, 1.165) is 29.4 Å². The highest BCUT2D eigenvalue weighted by Crippen LogP contribution is 2.11. The van der Waals surface area contributed by atoms with E-state index in [4.69, 9.17) is 0 Å². The molecule has 0 aliphatic carbocycles. The molecular formula is C24H22N2O5. The average molecular weight is 418 g/mol. The molecule has 2 rings (SSSR count). The number of aldehydes is 1. The molecule has 0 spiro atoms. The van der Waals surface area contributed by atoms with Crippen LogP contribution in [0, 0.1) is 11.8 Å². The van der Waals surface area contributed by atoms with Crippen LogP contribution in [0.25, 0.3) is 6.08 Å². The lowest BCUT2D eigenvalue weighted by Gasteiger charge is -2.24. The highest BCUT2D eigenvalue weighted by atomic mass is 16.5. The summed E-state index contributed by atoms with van der Waals surface area (Å²) in [5, 5.41) is 2.35. The molecule has 0 saturated carbocycles. The molecule has 0 aliphatic rings. The van der Waals surface area contributed by atoms with Crippen LogP contribution in [0.15, 0.2) is 54.6 Å². The van der Waals surface area contributed by atoms with Crippen LogP contribution in [0.1, 0.15) is 31.8 Å². The van der Waals surface area contributed by atoms with Gasteiger partial charge in [-0.25, -0.2) is 4.79 Å². The van der Waals surface area contributed by atoms with E-state index in [1.165, 1.54) is 14.1 Å². The van der Waals surface area contributed by atoms with Crippen LogP contribution in [0.4, 0.5) is 0 Å². The van der Waals surface area contributed by atoms with E-state index in [1.807, 2.05) is 0 Å². The zero-order valence-electron chi connectivity index (χ0n) is 17.4. The molecule has 7 nitrogen and oxygen atoms in total. The minimum atomic E-state index is -1.38. The van der Waals surface area contributed by atoms with Crippen LogP contribution in [-0.4, -0.2) is 56.2 Å². The number of rotatable bonds is 6. The molecule has 2 aromatic carbocycles. The molecular weight excluding hydrogens is 396 g/mol. The van der Waals surface area contributed by atoms with Gasteiger partial charge in [0.15, 0.2) is 0 Å². The maximum atomic E-state index is 12.7. The lowest BCUT2D eigenvalue weighted by atomic mass is 10.1. The normalized spacial score (nSPS) is 11.1. The number of nitrogens with zero attached hydrogens (tertiary/aromatic N) is 1. The van der Waals surface area contributed by atoms with Crippen molar-refractivity contribution in [3.8, 4) is 11.8 Å². The van der Waals surface area contributed by atoms with E-state index in [2.05, 4.69) is 21.9 Å². The number of methoxy groups -OCH3 is 1. The fourth-order valence-corrected chi connectivity index (χ4v) is 2.65. The molecule has 0 aromatic heterocycles. The largest absolute Gasteiger partial charge is 0.467 e. The second kappa shape index (κ2) is 11.1. The third-order valence-corrected chi connectivity index (χ3v) is 4.41. The number of benzene rings is 2. The molecule has 0 fully saturated rings. The Hall–Kier alpha value is -4.18. The Labute approximate surface area is 180 Å². The van der Waals surface area contributed by atoms with Gasteiger partial charge in [-0.05, 0) is 42.0 Å². The summed E-state index contributed by atoms with van der Waals surface area (Å²) < 4.78 is 4.63. The van der Waals surface area contributed by atoms with E-state index in [0.29, 0.717) is 11.1 Å². The molecule has 0 bridgehead atoms. The SMILES string of the molecule is CNC(=O)[C@@H](C(=O)OC)N(C)C(=O)c1ccc(/C=C/C#Cc2ccc(C=O)cc2)cc1. The first-order valence-electron chi connectivity index (χ1n) is 9.31. The van der Waals surface area contributed by atoms with Crippen LogP contribution in [0.2, 0.25) is 0 Å². The number of carbonyl (C=O) groups excluding carboxylic acids is 4. The maximum Gasteiger partial charge on any atom is 0.338 e. The first-order chi connectivity index (χ1) is 14.9. The lowest BCUT2D eigenvalue weighted by molar-refractivity contribution is -0.150. The van der Waals surface area contributed by atoms with Crippen molar-refractivity contribution in [3.63, 3.8) is 0 Å². The fourth-order valence-electron chi connectivity index (χ4n) is 2.65. The monoisotopic (exact) mass is 418 g/mol. The van der Waals surface area contributed by atoms with Gasteiger partial charge in [0.2, 0.25) is 6.04 Å². The van der Waals surface area contributed by atoms with Gasteiger partial charge in [0.1, 0.15) is 6.29 Å². The van der Waals surface area contributed by atoms with Gasteiger partial charge < -0.3 is 15.0 Å². The predicted octanol–water partition coefficient (Wildman–Crippen LogP) is 1.92. The van der Waals surface area contributed by atoms with Gasteiger partial charge >= 0.3 is 5.97 Å². The second-order valence-corrected chi connectivity index (χ2v) is 6.42. The average Bonchev–Trinajstić information content (AvgIpc) is 2.81. The highest BCUT2D eigenvalue weighted by Gasteiger charge is 2.34. The summed E-state index contributed by atoms with van der Waals surface area (Å²) in [4.78, 5) is 48.3. The van der Waals surface area contributed by atoms with Gasteiger partial charge in [0.25, 0.3) is 11.8 Å². The van der Waals surface area contributed by atoms with Gasteiger partial charge in [-0.1, -0.05) is 36.1 Å². The highest BCUT2D eigenvalue weighted by molar-refractivity contribution is 6.07. The molecule has 1 N–H and O–H groups in total. The zero-order valence-corrected chi connectivity index (χ0v) is 17.4. The third-order valence-electron chi connectivity index (χ3n) is 4.41.